The highest BCUT2D eigenvalue weighted by Gasteiger charge is 2.25. The smallest absolute Gasteiger partial charge is 0.270 e. The predicted molar refractivity (Wildman–Crippen MR) is 56.7 cm³/mol. The van der Waals surface area contributed by atoms with Crippen LogP contribution in [0.4, 0.5) is 8.78 Å². The summed E-state index contributed by atoms with van der Waals surface area (Å²) in [6.07, 6.45) is 0. The van der Waals surface area contributed by atoms with E-state index in [-0.39, 0.29) is 11.5 Å². The lowest BCUT2D eigenvalue weighted by atomic mass is 9.97. The van der Waals surface area contributed by atoms with Crippen molar-refractivity contribution in [2.75, 3.05) is 7.11 Å². The summed E-state index contributed by atoms with van der Waals surface area (Å²) in [5.74, 6) is -1.96. The Hall–Kier alpha value is -1.12. The minimum atomic E-state index is -2.80. The fourth-order valence-corrected chi connectivity index (χ4v) is 1.46. The molecule has 0 aliphatic rings. The third kappa shape index (κ3) is 2.67. The summed E-state index contributed by atoms with van der Waals surface area (Å²) in [6.45, 7) is 4.81. The van der Waals surface area contributed by atoms with Crippen molar-refractivity contribution in [2.24, 2.45) is 0 Å². The third-order valence-corrected chi connectivity index (χ3v) is 2.36. The van der Waals surface area contributed by atoms with E-state index in [1.807, 2.05) is 13.8 Å². The van der Waals surface area contributed by atoms with Crippen molar-refractivity contribution in [3.8, 4) is 5.75 Å². The zero-order valence-corrected chi connectivity index (χ0v) is 9.47. The summed E-state index contributed by atoms with van der Waals surface area (Å²) >= 11 is 0. The SMILES string of the molecule is COc1ccc(C(C)(F)F)cc1C(C)C. The molecule has 1 aromatic carbocycles. The van der Waals surface area contributed by atoms with Gasteiger partial charge in [-0.25, -0.2) is 8.78 Å². The lowest BCUT2D eigenvalue weighted by Crippen LogP contribution is -2.08. The average Bonchev–Trinajstić information content (AvgIpc) is 2.15. The molecule has 1 nitrogen and oxygen atoms in total. The highest BCUT2D eigenvalue weighted by molar-refractivity contribution is 5.40. The molecule has 1 rings (SSSR count). The van der Waals surface area contributed by atoms with Gasteiger partial charge < -0.3 is 4.74 Å². The first-order valence-electron chi connectivity index (χ1n) is 4.92. The summed E-state index contributed by atoms with van der Waals surface area (Å²) in [7, 11) is 1.55. The van der Waals surface area contributed by atoms with E-state index in [9.17, 15) is 8.78 Å². The monoisotopic (exact) mass is 214 g/mol. The Labute approximate surface area is 89.1 Å². The van der Waals surface area contributed by atoms with Gasteiger partial charge in [-0.05, 0) is 29.7 Å². The second-order valence-corrected chi connectivity index (χ2v) is 4.00. The Balaban J connectivity index is 3.22. The number of methoxy groups -OCH3 is 1. The Morgan fingerprint density at radius 3 is 2.27 bits per heavy atom. The van der Waals surface area contributed by atoms with Crippen LogP contribution in [0.1, 0.15) is 37.8 Å². The number of benzene rings is 1. The van der Waals surface area contributed by atoms with E-state index in [1.54, 1.807) is 13.2 Å². The van der Waals surface area contributed by atoms with Gasteiger partial charge in [-0.3, -0.25) is 0 Å². The first-order chi connectivity index (χ1) is 6.86. The van der Waals surface area contributed by atoms with Gasteiger partial charge in [0.1, 0.15) is 5.75 Å². The summed E-state index contributed by atoms with van der Waals surface area (Å²) in [4.78, 5) is 0. The predicted octanol–water partition coefficient (Wildman–Crippen LogP) is 3.93. The minimum Gasteiger partial charge on any atom is -0.496 e. The van der Waals surface area contributed by atoms with Gasteiger partial charge in [0.25, 0.3) is 5.92 Å². The van der Waals surface area contributed by atoms with Crippen molar-refractivity contribution in [3.63, 3.8) is 0 Å². The van der Waals surface area contributed by atoms with Crippen LogP contribution in [0.15, 0.2) is 18.2 Å². The van der Waals surface area contributed by atoms with Gasteiger partial charge in [0, 0.05) is 12.5 Å². The van der Waals surface area contributed by atoms with Gasteiger partial charge in [-0.1, -0.05) is 13.8 Å². The zero-order valence-electron chi connectivity index (χ0n) is 9.47. The fraction of sp³-hybridized carbons (Fsp3) is 0.500. The molecule has 0 aromatic heterocycles. The summed E-state index contributed by atoms with van der Waals surface area (Å²) < 4.78 is 31.3. The van der Waals surface area contributed by atoms with Crippen LogP contribution in [0.5, 0.6) is 5.75 Å². The highest BCUT2D eigenvalue weighted by Crippen LogP contribution is 2.33. The number of ether oxygens (including phenoxy) is 1. The van der Waals surface area contributed by atoms with E-state index >= 15 is 0 Å². The summed E-state index contributed by atoms with van der Waals surface area (Å²) in [6, 6.07) is 4.52. The van der Waals surface area contributed by atoms with Crippen molar-refractivity contribution in [1.29, 1.82) is 0 Å². The molecular formula is C12H16F2O. The maximum atomic E-state index is 13.1. The second kappa shape index (κ2) is 4.17. The molecule has 1 aromatic rings. The molecule has 0 aliphatic carbocycles. The average molecular weight is 214 g/mol. The van der Waals surface area contributed by atoms with Crippen LogP contribution >= 0.6 is 0 Å². The molecule has 0 heterocycles. The molecule has 0 saturated carbocycles. The van der Waals surface area contributed by atoms with Crippen LogP contribution in [-0.4, -0.2) is 7.11 Å². The molecule has 0 aliphatic heterocycles. The first kappa shape index (κ1) is 12.0. The largest absolute Gasteiger partial charge is 0.496 e. The maximum Gasteiger partial charge on any atom is 0.270 e. The molecule has 0 amide bonds. The third-order valence-electron chi connectivity index (χ3n) is 2.36. The molecule has 0 unspecified atom stereocenters. The van der Waals surface area contributed by atoms with Gasteiger partial charge in [-0.2, -0.15) is 0 Å². The molecule has 0 fully saturated rings. The quantitative estimate of drug-likeness (QED) is 0.740. The van der Waals surface area contributed by atoms with E-state index in [0.29, 0.717) is 5.75 Å². The van der Waals surface area contributed by atoms with Crippen molar-refractivity contribution in [2.45, 2.75) is 32.6 Å². The molecule has 15 heavy (non-hydrogen) atoms. The van der Waals surface area contributed by atoms with Crippen molar-refractivity contribution < 1.29 is 13.5 Å². The lowest BCUT2D eigenvalue weighted by molar-refractivity contribution is 0.0173. The van der Waals surface area contributed by atoms with Crippen LogP contribution in [0.2, 0.25) is 0 Å². The normalized spacial score (nSPS) is 11.9. The molecular weight excluding hydrogens is 198 g/mol. The van der Waals surface area contributed by atoms with Gasteiger partial charge in [0.15, 0.2) is 0 Å². The van der Waals surface area contributed by atoms with Gasteiger partial charge in [-0.15, -0.1) is 0 Å². The second-order valence-electron chi connectivity index (χ2n) is 4.00. The Morgan fingerprint density at radius 2 is 1.87 bits per heavy atom. The standard InChI is InChI=1S/C12H16F2O/c1-8(2)10-7-9(12(3,13)14)5-6-11(10)15-4/h5-8H,1-4H3. The molecule has 3 heteroatoms. The van der Waals surface area contributed by atoms with E-state index in [2.05, 4.69) is 0 Å². The van der Waals surface area contributed by atoms with Crippen LogP contribution < -0.4 is 4.74 Å². The number of rotatable bonds is 3. The minimum absolute atomic E-state index is 0.0343. The lowest BCUT2D eigenvalue weighted by Gasteiger charge is -2.16. The van der Waals surface area contributed by atoms with Crippen LogP contribution in [0, 0.1) is 0 Å². The molecule has 0 bridgehead atoms. The van der Waals surface area contributed by atoms with Gasteiger partial charge >= 0.3 is 0 Å². The van der Waals surface area contributed by atoms with Crippen molar-refractivity contribution in [1.82, 2.24) is 0 Å². The van der Waals surface area contributed by atoms with E-state index in [4.69, 9.17) is 4.74 Å². The number of halogens is 2. The molecule has 84 valence electrons. The van der Waals surface area contributed by atoms with Crippen molar-refractivity contribution >= 4 is 0 Å². The molecule has 0 N–H and O–H groups in total. The van der Waals surface area contributed by atoms with Crippen molar-refractivity contribution in [3.05, 3.63) is 29.3 Å². The molecule has 0 radical (unpaired) electrons. The van der Waals surface area contributed by atoms with E-state index in [1.165, 1.54) is 12.1 Å². The number of hydrogen-bond donors (Lipinski definition) is 0. The number of hydrogen-bond acceptors (Lipinski definition) is 1. The Bertz CT molecular complexity index is 340. The Morgan fingerprint density at radius 1 is 1.27 bits per heavy atom. The van der Waals surface area contributed by atoms with Crippen LogP contribution in [0.25, 0.3) is 0 Å². The van der Waals surface area contributed by atoms with E-state index < -0.39 is 5.92 Å². The molecule has 0 saturated heterocycles. The summed E-state index contributed by atoms with van der Waals surface area (Å²) in [5.41, 5.74) is 0.850. The van der Waals surface area contributed by atoms with Crippen LogP contribution in [-0.2, 0) is 5.92 Å². The van der Waals surface area contributed by atoms with E-state index in [0.717, 1.165) is 12.5 Å². The van der Waals surface area contributed by atoms with Crippen LogP contribution in [0.3, 0.4) is 0 Å². The maximum absolute atomic E-state index is 13.1. The highest BCUT2D eigenvalue weighted by atomic mass is 19.3. The first-order valence-corrected chi connectivity index (χ1v) is 4.92. The Kier molecular flexibility index (Phi) is 3.32. The molecule has 0 atom stereocenters. The fourth-order valence-electron chi connectivity index (χ4n) is 1.46. The summed E-state index contributed by atoms with van der Waals surface area (Å²) in [5, 5.41) is 0. The topological polar surface area (TPSA) is 9.23 Å². The van der Waals surface area contributed by atoms with Gasteiger partial charge in [0.2, 0.25) is 0 Å². The van der Waals surface area contributed by atoms with Gasteiger partial charge in [0.05, 0.1) is 7.11 Å². The number of alkyl halides is 2. The molecule has 0 spiro atoms. The zero-order chi connectivity index (χ0) is 11.6.